The molecule has 0 spiro atoms. The number of amides is 1. The molecule has 2 atom stereocenters. The molecule has 0 bridgehead atoms. The lowest BCUT2D eigenvalue weighted by Gasteiger charge is -2.41. The van der Waals surface area contributed by atoms with E-state index in [0.29, 0.717) is 24.7 Å². The van der Waals surface area contributed by atoms with E-state index in [2.05, 4.69) is 23.0 Å². The average molecular weight is 435 g/mol. The van der Waals surface area contributed by atoms with Crippen molar-refractivity contribution in [3.8, 4) is 0 Å². The Morgan fingerprint density at radius 2 is 2.07 bits per heavy atom. The van der Waals surface area contributed by atoms with Crippen LogP contribution in [0, 0.1) is 0 Å². The van der Waals surface area contributed by atoms with Crippen molar-refractivity contribution in [2.24, 2.45) is 0 Å². The summed E-state index contributed by atoms with van der Waals surface area (Å²) in [5, 5.41) is 6.29. The van der Waals surface area contributed by atoms with Crippen LogP contribution in [0.25, 0.3) is 10.9 Å². The molecule has 3 heterocycles. The first-order valence-electron chi connectivity index (χ1n) is 10.8. The SMILES string of the molecule is CC1CN(C(=O)OC(C)(C)C)CCN1c1cc2c(cnn2C2CCCCO2)cc1Cl. The first-order chi connectivity index (χ1) is 14.2. The van der Waals surface area contributed by atoms with Gasteiger partial charge in [-0.3, -0.25) is 0 Å². The number of rotatable bonds is 2. The van der Waals surface area contributed by atoms with E-state index in [1.54, 1.807) is 4.90 Å². The summed E-state index contributed by atoms with van der Waals surface area (Å²) in [5.74, 6) is 0. The summed E-state index contributed by atoms with van der Waals surface area (Å²) in [5.41, 5.74) is 1.51. The van der Waals surface area contributed by atoms with Crippen LogP contribution in [0.3, 0.4) is 0 Å². The van der Waals surface area contributed by atoms with E-state index in [4.69, 9.17) is 21.1 Å². The van der Waals surface area contributed by atoms with Gasteiger partial charge in [0.2, 0.25) is 0 Å². The summed E-state index contributed by atoms with van der Waals surface area (Å²) >= 11 is 6.67. The van der Waals surface area contributed by atoms with E-state index in [1.165, 1.54) is 0 Å². The number of aromatic nitrogens is 2. The largest absolute Gasteiger partial charge is 0.444 e. The third kappa shape index (κ3) is 4.37. The van der Waals surface area contributed by atoms with Crippen LogP contribution in [0.4, 0.5) is 10.5 Å². The molecule has 1 aromatic carbocycles. The van der Waals surface area contributed by atoms with Crippen LogP contribution in [-0.4, -0.2) is 58.7 Å². The molecule has 164 valence electrons. The molecule has 8 heteroatoms. The Morgan fingerprint density at radius 3 is 2.73 bits per heavy atom. The maximum absolute atomic E-state index is 12.5. The molecule has 0 saturated carbocycles. The number of hydrogen-bond donors (Lipinski definition) is 0. The number of fused-ring (bicyclic) bond motifs is 1. The maximum atomic E-state index is 12.5. The zero-order valence-electron chi connectivity index (χ0n) is 18.2. The van der Waals surface area contributed by atoms with Crippen LogP contribution in [-0.2, 0) is 9.47 Å². The lowest BCUT2D eigenvalue weighted by Crippen LogP contribution is -2.54. The van der Waals surface area contributed by atoms with E-state index in [-0.39, 0.29) is 18.4 Å². The van der Waals surface area contributed by atoms with Gasteiger partial charge < -0.3 is 19.3 Å². The molecule has 1 aromatic heterocycles. The van der Waals surface area contributed by atoms with Crippen molar-refractivity contribution in [2.45, 2.75) is 64.8 Å². The second kappa shape index (κ2) is 8.27. The van der Waals surface area contributed by atoms with Crippen molar-refractivity contribution in [3.63, 3.8) is 0 Å². The van der Waals surface area contributed by atoms with Crippen LogP contribution in [0.15, 0.2) is 18.3 Å². The summed E-state index contributed by atoms with van der Waals surface area (Å²) < 4.78 is 13.5. The molecule has 0 radical (unpaired) electrons. The minimum atomic E-state index is -0.495. The lowest BCUT2D eigenvalue weighted by atomic mass is 10.1. The Bertz CT molecular complexity index is 917. The highest BCUT2D eigenvalue weighted by molar-refractivity contribution is 6.34. The molecule has 4 rings (SSSR count). The zero-order valence-corrected chi connectivity index (χ0v) is 19.0. The predicted molar refractivity (Wildman–Crippen MR) is 118 cm³/mol. The zero-order chi connectivity index (χ0) is 21.5. The van der Waals surface area contributed by atoms with Gasteiger partial charge in [0.1, 0.15) is 5.60 Å². The van der Waals surface area contributed by atoms with Crippen molar-refractivity contribution in [1.29, 1.82) is 0 Å². The van der Waals surface area contributed by atoms with Gasteiger partial charge in [-0.05, 0) is 59.1 Å². The van der Waals surface area contributed by atoms with Crippen LogP contribution >= 0.6 is 11.6 Å². The van der Waals surface area contributed by atoms with Crippen LogP contribution in [0.1, 0.15) is 53.2 Å². The highest BCUT2D eigenvalue weighted by Gasteiger charge is 2.31. The Balaban J connectivity index is 1.55. The molecule has 0 aliphatic carbocycles. The van der Waals surface area contributed by atoms with Crippen molar-refractivity contribution in [1.82, 2.24) is 14.7 Å². The van der Waals surface area contributed by atoms with E-state index < -0.39 is 5.60 Å². The smallest absolute Gasteiger partial charge is 0.410 e. The summed E-state index contributed by atoms with van der Waals surface area (Å²) in [4.78, 5) is 16.5. The summed E-state index contributed by atoms with van der Waals surface area (Å²) in [7, 11) is 0. The van der Waals surface area contributed by atoms with Gasteiger partial charge in [-0.1, -0.05) is 11.6 Å². The Kier molecular flexibility index (Phi) is 5.86. The summed E-state index contributed by atoms with van der Waals surface area (Å²) in [6.07, 6.45) is 4.80. The number of ether oxygens (including phenoxy) is 2. The van der Waals surface area contributed by atoms with Gasteiger partial charge in [0.05, 0.1) is 22.4 Å². The quantitative estimate of drug-likeness (QED) is 0.677. The Labute approximate surface area is 182 Å². The van der Waals surface area contributed by atoms with Gasteiger partial charge in [0.25, 0.3) is 0 Å². The highest BCUT2D eigenvalue weighted by Crippen LogP contribution is 2.35. The van der Waals surface area contributed by atoms with Crippen LogP contribution in [0.5, 0.6) is 0 Å². The Hall–Kier alpha value is -1.99. The van der Waals surface area contributed by atoms with Gasteiger partial charge in [0.15, 0.2) is 6.23 Å². The molecule has 2 aliphatic heterocycles. The second-order valence-corrected chi connectivity index (χ2v) is 9.65. The number of halogens is 1. The fourth-order valence-electron chi connectivity index (χ4n) is 4.23. The monoisotopic (exact) mass is 434 g/mol. The fourth-order valence-corrected chi connectivity index (χ4v) is 4.51. The third-order valence-corrected chi connectivity index (χ3v) is 5.98. The first-order valence-corrected chi connectivity index (χ1v) is 11.1. The second-order valence-electron chi connectivity index (χ2n) is 9.24. The summed E-state index contributed by atoms with van der Waals surface area (Å²) in [6, 6.07) is 4.21. The number of hydrogen-bond acceptors (Lipinski definition) is 5. The standard InChI is InChI=1S/C22H31ClN4O3/c1-15-14-25(21(28)30-22(2,3)4)8-9-26(15)19-12-18-16(11-17(19)23)13-24-27(18)20-7-5-6-10-29-20/h11-13,15,20H,5-10,14H2,1-4H3. The molecule has 2 aromatic rings. The highest BCUT2D eigenvalue weighted by atomic mass is 35.5. The topological polar surface area (TPSA) is 59.8 Å². The number of nitrogens with zero attached hydrogens (tertiary/aromatic N) is 4. The van der Waals surface area contributed by atoms with E-state index in [1.807, 2.05) is 37.7 Å². The number of carbonyl (C=O) groups excluding carboxylic acids is 1. The van der Waals surface area contributed by atoms with Crippen molar-refractivity contribution < 1.29 is 14.3 Å². The first kappa shape index (κ1) is 21.2. The van der Waals surface area contributed by atoms with Gasteiger partial charge >= 0.3 is 6.09 Å². The molecule has 30 heavy (non-hydrogen) atoms. The molecule has 2 aliphatic rings. The van der Waals surface area contributed by atoms with Crippen LogP contribution < -0.4 is 4.90 Å². The maximum Gasteiger partial charge on any atom is 0.410 e. The number of carbonyl (C=O) groups is 1. The van der Waals surface area contributed by atoms with Crippen LogP contribution in [0.2, 0.25) is 5.02 Å². The number of benzene rings is 1. The number of piperazine rings is 1. The van der Waals surface area contributed by atoms with Gasteiger partial charge in [-0.15, -0.1) is 0 Å². The predicted octanol–water partition coefficient (Wildman–Crippen LogP) is 4.83. The van der Waals surface area contributed by atoms with Crippen molar-refractivity contribution in [2.75, 3.05) is 31.1 Å². The van der Waals surface area contributed by atoms with E-state index in [9.17, 15) is 4.79 Å². The average Bonchev–Trinajstić information content (AvgIpc) is 3.09. The molecule has 2 saturated heterocycles. The third-order valence-electron chi connectivity index (χ3n) is 5.68. The normalized spacial score (nSPS) is 23.1. The molecular formula is C22H31ClN4O3. The molecule has 2 fully saturated rings. The molecule has 0 N–H and O–H groups in total. The molecule has 7 nitrogen and oxygen atoms in total. The van der Waals surface area contributed by atoms with Gasteiger partial charge in [-0.25, -0.2) is 9.48 Å². The molecular weight excluding hydrogens is 404 g/mol. The minimum Gasteiger partial charge on any atom is -0.444 e. The van der Waals surface area contributed by atoms with Crippen molar-refractivity contribution >= 4 is 34.3 Å². The lowest BCUT2D eigenvalue weighted by molar-refractivity contribution is -0.0366. The molecule has 2 unspecified atom stereocenters. The molecule has 1 amide bonds. The minimum absolute atomic E-state index is 0.0216. The van der Waals surface area contributed by atoms with E-state index >= 15 is 0 Å². The number of anilines is 1. The summed E-state index contributed by atoms with van der Waals surface area (Å²) in [6.45, 7) is 10.4. The van der Waals surface area contributed by atoms with Gasteiger partial charge in [0, 0.05) is 37.7 Å². The van der Waals surface area contributed by atoms with E-state index in [0.717, 1.165) is 42.5 Å². The Morgan fingerprint density at radius 1 is 1.27 bits per heavy atom. The van der Waals surface area contributed by atoms with Crippen molar-refractivity contribution in [3.05, 3.63) is 23.4 Å². The fraction of sp³-hybridized carbons (Fsp3) is 0.636. The van der Waals surface area contributed by atoms with Gasteiger partial charge in [-0.2, -0.15) is 5.10 Å².